The largest absolute Gasteiger partial charge is 0.444 e. The van der Waals surface area contributed by atoms with E-state index in [0.29, 0.717) is 41.1 Å². The second-order valence-electron chi connectivity index (χ2n) is 8.62. The van der Waals surface area contributed by atoms with E-state index in [0.717, 1.165) is 0 Å². The van der Waals surface area contributed by atoms with Crippen LogP contribution < -0.4 is 11.4 Å². The summed E-state index contributed by atoms with van der Waals surface area (Å²) in [4.78, 5) is 33.8. The molecule has 1 amide bonds. The van der Waals surface area contributed by atoms with Gasteiger partial charge in [-0.1, -0.05) is 0 Å². The summed E-state index contributed by atoms with van der Waals surface area (Å²) >= 11 is 0. The number of halogens is 1. The van der Waals surface area contributed by atoms with Gasteiger partial charge in [-0.15, -0.1) is 0 Å². The van der Waals surface area contributed by atoms with Crippen molar-refractivity contribution in [2.45, 2.75) is 46.6 Å². The number of nitrogens with one attached hydrogen (secondary N) is 1. The molecule has 0 aliphatic carbocycles. The summed E-state index contributed by atoms with van der Waals surface area (Å²) in [6.07, 6.45) is 2.97. The minimum atomic E-state index is -0.637. The number of amides is 1. The summed E-state index contributed by atoms with van der Waals surface area (Å²) in [7, 11) is 0. The summed E-state index contributed by atoms with van der Waals surface area (Å²) in [5.74, 6) is -0.0192. The molecule has 0 unspecified atom stereocenters. The maximum absolute atomic E-state index is 14.1. The first-order chi connectivity index (χ1) is 14.5. The second kappa shape index (κ2) is 8.41. The van der Waals surface area contributed by atoms with Crippen molar-refractivity contribution >= 4 is 17.6 Å². The van der Waals surface area contributed by atoms with E-state index in [1.54, 1.807) is 46.8 Å². The van der Waals surface area contributed by atoms with Gasteiger partial charge in [-0.2, -0.15) is 0 Å². The number of nitrogens with two attached hydrogens (primary N) is 1. The molecule has 2 heterocycles. The molecule has 8 nitrogen and oxygen atoms in total. The molecule has 0 saturated carbocycles. The van der Waals surface area contributed by atoms with E-state index in [4.69, 9.17) is 10.5 Å². The molecule has 0 fully saturated rings. The summed E-state index contributed by atoms with van der Waals surface area (Å²) in [5.41, 5.74) is 7.70. The molecule has 31 heavy (non-hydrogen) atoms. The van der Waals surface area contributed by atoms with Crippen LogP contribution >= 0.6 is 0 Å². The van der Waals surface area contributed by atoms with Crippen LogP contribution in [0.3, 0.4) is 0 Å². The Hall–Kier alpha value is -3.36. The lowest BCUT2D eigenvalue weighted by Gasteiger charge is -2.32. The molecular formula is C22H28FN5O3. The fraction of sp³-hybridized carbons (Fsp3) is 0.409. The Morgan fingerprint density at radius 1 is 1.26 bits per heavy atom. The van der Waals surface area contributed by atoms with Crippen molar-refractivity contribution in [2.75, 3.05) is 13.1 Å². The van der Waals surface area contributed by atoms with Gasteiger partial charge >= 0.3 is 11.8 Å². The third-order valence-electron chi connectivity index (χ3n) is 4.84. The predicted octanol–water partition coefficient (Wildman–Crippen LogP) is 3.36. The molecule has 0 atom stereocenters. The smallest absolute Gasteiger partial charge is 0.410 e. The van der Waals surface area contributed by atoms with E-state index >= 15 is 0 Å². The molecular weight excluding hydrogens is 401 g/mol. The maximum Gasteiger partial charge on any atom is 0.410 e. The Balaban J connectivity index is 2.07. The van der Waals surface area contributed by atoms with Crippen molar-refractivity contribution in [1.29, 1.82) is 0 Å². The van der Waals surface area contributed by atoms with Gasteiger partial charge < -0.3 is 20.4 Å². The van der Waals surface area contributed by atoms with Gasteiger partial charge in [0.25, 0.3) is 0 Å². The van der Waals surface area contributed by atoms with Crippen LogP contribution in [0.4, 0.5) is 14.9 Å². The Kier molecular flexibility index (Phi) is 6.06. The number of H-pyrrole nitrogens is 1. The average Bonchev–Trinajstić information content (AvgIpc) is 3.09. The molecule has 0 spiro atoms. The van der Waals surface area contributed by atoms with Gasteiger partial charge in [0.2, 0.25) is 0 Å². The standard InChI is InChI=1S/C22H28FN5O3/c1-13-10-15(11-14(2)18(13)23)26-19(28-9-7-25-20(28)29)16-12-27(8-6-17(16)24)21(30)31-22(3,4)5/h7,9-11H,6,8,12,24H2,1-5H3,(H,25,29). The number of aromatic amines is 1. The van der Waals surface area contributed by atoms with Gasteiger partial charge in [0.05, 0.1) is 12.2 Å². The van der Waals surface area contributed by atoms with Crippen LogP contribution in [0.25, 0.3) is 0 Å². The first-order valence-corrected chi connectivity index (χ1v) is 10.0. The molecule has 1 aromatic heterocycles. The number of rotatable bonds is 2. The number of nitrogens with zero attached hydrogens (tertiary/aromatic N) is 3. The Morgan fingerprint density at radius 3 is 2.45 bits per heavy atom. The van der Waals surface area contributed by atoms with E-state index in [-0.39, 0.29) is 18.2 Å². The molecule has 0 saturated heterocycles. The monoisotopic (exact) mass is 429 g/mol. The summed E-state index contributed by atoms with van der Waals surface area (Å²) in [6.45, 7) is 9.23. The van der Waals surface area contributed by atoms with Crippen molar-refractivity contribution in [3.05, 3.63) is 63.2 Å². The van der Waals surface area contributed by atoms with Gasteiger partial charge in [0.15, 0.2) is 0 Å². The molecule has 2 aromatic rings. The van der Waals surface area contributed by atoms with Crippen LogP contribution in [-0.4, -0.2) is 45.1 Å². The molecule has 3 N–H and O–H groups in total. The van der Waals surface area contributed by atoms with Crippen LogP contribution in [0.2, 0.25) is 0 Å². The number of aromatic nitrogens is 2. The number of aliphatic imine (C=N–C) groups is 1. The number of imidazole rings is 1. The molecule has 9 heteroatoms. The number of benzene rings is 1. The zero-order valence-electron chi connectivity index (χ0n) is 18.5. The maximum atomic E-state index is 14.1. The van der Waals surface area contributed by atoms with Crippen molar-refractivity contribution in [3.63, 3.8) is 0 Å². The van der Waals surface area contributed by atoms with Crippen molar-refractivity contribution in [1.82, 2.24) is 14.5 Å². The highest BCUT2D eigenvalue weighted by Gasteiger charge is 2.29. The Morgan fingerprint density at radius 2 is 1.90 bits per heavy atom. The number of aryl methyl sites for hydroxylation is 2. The summed E-state index contributed by atoms with van der Waals surface area (Å²) in [6, 6.07) is 3.20. The van der Waals surface area contributed by atoms with Crippen molar-refractivity contribution in [2.24, 2.45) is 10.7 Å². The lowest BCUT2D eigenvalue weighted by molar-refractivity contribution is 0.0262. The number of ether oxygens (including phenoxy) is 1. The Bertz CT molecular complexity index is 1100. The molecule has 3 rings (SSSR count). The second-order valence-corrected chi connectivity index (χ2v) is 8.62. The van der Waals surface area contributed by atoms with Crippen LogP contribution in [-0.2, 0) is 4.74 Å². The number of hydrogen-bond acceptors (Lipinski definition) is 5. The normalized spacial score (nSPS) is 15.4. The summed E-state index contributed by atoms with van der Waals surface area (Å²) in [5, 5.41) is 0. The van der Waals surface area contributed by atoms with Gasteiger partial charge in [-0.25, -0.2) is 19.0 Å². The van der Waals surface area contributed by atoms with Crippen molar-refractivity contribution < 1.29 is 13.9 Å². The summed E-state index contributed by atoms with van der Waals surface area (Å²) < 4.78 is 20.9. The van der Waals surface area contributed by atoms with Crippen LogP contribution in [0.15, 0.2) is 45.6 Å². The number of hydrogen-bond donors (Lipinski definition) is 2. The zero-order chi connectivity index (χ0) is 22.9. The highest BCUT2D eigenvalue weighted by molar-refractivity contribution is 6.02. The van der Waals surface area contributed by atoms with E-state index in [9.17, 15) is 14.0 Å². The predicted molar refractivity (Wildman–Crippen MR) is 117 cm³/mol. The first-order valence-electron chi connectivity index (χ1n) is 10.0. The van der Waals surface area contributed by atoms with Crippen LogP contribution in [0.1, 0.15) is 38.3 Å². The molecule has 0 bridgehead atoms. The molecule has 1 aliphatic heterocycles. The van der Waals surface area contributed by atoms with E-state index in [1.807, 2.05) is 0 Å². The molecule has 166 valence electrons. The lowest BCUT2D eigenvalue weighted by atomic mass is 10.0. The van der Waals surface area contributed by atoms with Crippen LogP contribution in [0.5, 0.6) is 0 Å². The highest BCUT2D eigenvalue weighted by atomic mass is 19.1. The highest BCUT2D eigenvalue weighted by Crippen LogP contribution is 2.24. The minimum absolute atomic E-state index is 0.135. The lowest BCUT2D eigenvalue weighted by Crippen LogP contribution is -2.44. The van der Waals surface area contributed by atoms with E-state index in [2.05, 4.69) is 9.98 Å². The quantitative estimate of drug-likeness (QED) is 0.564. The number of carbonyl (C=O) groups excluding carboxylic acids is 1. The number of carbonyl (C=O) groups is 1. The van der Waals surface area contributed by atoms with Gasteiger partial charge in [0.1, 0.15) is 17.3 Å². The van der Waals surface area contributed by atoms with E-state index < -0.39 is 17.4 Å². The molecule has 0 radical (unpaired) electrons. The zero-order valence-corrected chi connectivity index (χ0v) is 18.5. The van der Waals surface area contributed by atoms with Gasteiger partial charge in [0, 0.05) is 36.6 Å². The van der Waals surface area contributed by atoms with Crippen LogP contribution in [0, 0.1) is 19.7 Å². The van der Waals surface area contributed by atoms with Crippen molar-refractivity contribution in [3.8, 4) is 0 Å². The average molecular weight is 429 g/mol. The first kappa shape index (κ1) is 22.3. The fourth-order valence-corrected chi connectivity index (χ4v) is 3.34. The third-order valence-corrected chi connectivity index (χ3v) is 4.84. The SMILES string of the molecule is Cc1cc(N=C(C2=C(N)CCN(C(=O)OC(C)(C)C)C2)n2cc[nH]c2=O)cc(C)c1F. The third kappa shape index (κ3) is 5.04. The molecule has 1 aliphatic rings. The Labute approximate surface area is 180 Å². The molecule has 1 aromatic carbocycles. The topological polar surface area (TPSA) is 106 Å². The minimum Gasteiger partial charge on any atom is -0.444 e. The fourth-order valence-electron chi connectivity index (χ4n) is 3.34. The van der Waals surface area contributed by atoms with E-state index in [1.165, 1.54) is 21.9 Å². The van der Waals surface area contributed by atoms with Gasteiger partial charge in [-0.05, 0) is 57.9 Å². The van der Waals surface area contributed by atoms with Gasteiger partial charge in [-0.3, -0.25) is 4.57 Å².